The quantitative estimate of drug-likeness (QED) is 0.250. The molecule has 5 rings (SSSR count). The van der Waals surface area contributed by atoms with Gasteiger partial charge in [-0.2, -0.15) is 9.47 Å². The second kappa shape index (κ2) is 9.71. The lowest BCUT2D eigenvalue weighted by molar-refractivity contribution is 0.628. The van der Waals surface area contributed by atoms with Gasteiger partial charge in [0.15, 0.2) is 5.82 Å². The molecule has 0 aliphatic carbocycles. The molecule has 2 heterocycles. The van der Waals surface area contributed by atoms with Gasteiger partial charge in [-0.05, 0) is 81.7 Å². The lowest BCUT2D eigenvalue weighted by Crippen LogP contribution is -1.96. The van der Waals surface area contributed by atoms with Crippen LogP contribution in [0, 0.1) is 5.82 Å². The summed E-state index contributed by atoms with van der Waals surface area (Å²) in [4.78, 5) is 4.19. The van der Waals surface area contributed by atoms with E-state index in [0.717, 1.165) is 50.7 Å². The fraction of sp³-hybridized carbons (Fsp3) is 0.0741. The minimum Gasteiger partial charge on any atom is -0.278 e. The molecule has 0 amide bonds. The minimum atomic E-state index is -0.351. The second-order valence-electron chi connectivity index (χ2n) is 7.75. The minimum absolute atomic E-state index is 0.351. The van der Waals surface area contributed by atoms with E-state index in [2.05, 4.69) is 62.9 Å². The van der Waals surface area contributed by atoms with Crippen LogP contribution in [0.2, 0.25) is 5.02 Å². The Morgan fingerprint density at radius 1 is 1.03 bits per heavy atom. The zero-order valence-corrected chi connectivity index (χ0v) is 19.9. The van der Waals surface area contributed by atoms with Crippen LogP contribution in [0.3, 0.4) is 0 Å². The number of aromatic amines is 1. The van der Waals surface area contributed by atoms with Gasteiger partial charge in [-0.3, -0.25) is 5.10 Å². The van der Waals surface area contributed by atoms with E-state index < -0.39 is 0 Å². The maximum Gasteiger partial charge on any atom is 0.165 e. The molecule has 4 nitrogen and oxygen atoms in total. The molecule has 0 spiro atoms. The van der Waals surface area contributed by atoms with Gasteiger partial charge in [0.2, 0.25) is 0 Å². The highest BCUT2D eigenvalue weighted by molar-refractivity contribution is 7.03. The highest BCUT2D eigenvalue weighted by Gasteiger charge is 2.16. The van der Waals surface area contributed by atoms with Crippen molar-refractivity contribution in [3.63, 3.8) is 0 Å². The zero-order chi connectivity index (χ0) is 23.5. The molecule has 3 aromatic carbocycles. The van der Waals surface area contributed by atoms with Crippen LogP contribution in [0.5, 0.6) is 0 Å². The van der Waals surface area contributed by atoms with E-state index >= 15 is 0 Å². The molecule has 5 aromatic rings. The van der Waals surface area contributed by atoms with Crippen LogP contribution in [0.15, 0.2) is 72.4 Å². The molecule has 1 N–H and O–H groups in total. The van der Waals surface area contributed by atoms with E-state index in [-0.39, 0.29) is 5.82 Å². The number of rotatable bonds is 6. The normalized spacial score (nSPS) is 12.4. The van der Waals surface area contributed by atoms with Gasteiger partial charge in [-0.15, -0.1) is 0 Å². The van der Waals surface area contributed by atoms with Crippen molar-refractivity contribution in [2.45, 2.75) is 13.3 Å². The van der Waals surface area contributed by atoms with Crippen molar-refractivity contribution in [3.8, 4) is 0 Å². The van der Waals surface area contributed by atoms with E-state index in [0.29, 0.717) is 10.8 Å². The Balaban J connectivity index is 1.65. The third-order valence-corrected chi connectivity index (χ3v) is 6.45. The van der Waals surface area contributed by atoms with Crippen LogP contribution in [0.1, 0.15) is 41.4 Å². The number of halogens is 2. The van der Waals surface area contributed by atoms with Gasteiger partial charge in [0.05, 0.1) is 16.7 Å². The first-order chi connectivity index (χ1) is 16.6. The maximum atomic E-state index is 13.8. The molecular formula is C27H20ClFN4S. The molecule has 7 heteroatoms. The van der Waals surface area contributed by atoms with E-state index in [1.807, 2.05) is 24.4 Å². The smallest absolute Gasteiger partial charge is 0.165 e. The fourth-order valence-corrected chi connectivity index (χ4v) is 4.73. The highest BCUT2D eigenvalue weighted by atomic mass is 35.5. The monoisotopic (exact) mass is 486 g/mol. The number of allylic oxidation sites excluding steroid dienone is 1. The predicted molar refractivity (Wildman–Crippen MR) is 139 cm³/mol. The first-order valence-corrected chi connectivity index (χ1v) is 12.0. The summed E-state index contributed by atoms with van der Waals surface area (Å²) >= 11 is 7.83. The molecule has 0 saturated carbocycles. The molecule has 168 valence electrons. The lowest BCUT2D eigenvalue weighted by Gasteiger charge is -2.18. The van der Waals surface area contributed by atoms with E-state index in [9.17, 15) is 4.39 Å². The van der Waals surface area contributed by atoms with Crippen LogP contribution in [-0.2, 0) is 0 Å². The summed E-state index contributed by atoms with van der Waals surface area (Å²) in [6.45, 7) is 2.09. The molecule has 0 aliphatic rings. The Morgan fingerprint density at radius 3 is 2.59 bits per heavy atom. The van der Waals surface area contributed by atoms with Gasteiger partial charge in [0, 0.05) is 5.39 Å². The number of nitrogens with zero attached hydrogens (tertiary/aromatic N) is 3. The van der Waals surface area contributed by atoms with Crippen molar-refractivity contribution in [1.82, 2.24) is 19.6 Å². The molecule has 0 unspecified atom stereocenters. The summed E-state index contributed by atoms with van der Waals surface area (Å²) in [6, 6.07) is 19.1. The number of fused-ring (bicyclic) bond motifs is 1. The molecule has 34 heavy (non-hydrogen) atoms. The van der Waals surface area contributed by atoms with Crippen LogP contribution in [-0.4, -0.2) is 19.6 Å². The maximum absolute atomic E-state index is 13.8. The van der Waals surface area contributed by atoms with Gasteiger partial charge >= 0.3 is 0 Å². The number of hydrogen-bond donors (Lipinski definition) is 1. The van der Waals surface area contributed by atoms with Crippen molar-refractivity contribution < 1.29 is 4.39 Å². The van der Waals surface area contributed by atoms with Gasteiger partial charge in [0.25, 0.3) is 0 Å². The largest absolute Gasteiger partial charge is 0.278 e. The predicted octanol–water partition coefficient (Wildman–Crippen LogP) is 7.75. The summed E-state index contributed by atoms with van der Waals surface area (Å²) < 4.78 is 18.0. The lowest BCUT2D eigenvalue weighted by atomic mass is 9.87. The fourth-order valence-electron chi connectivity index (χ4n) is 4.03. The first kappa shape index (κ1) is 22.2. The Bertz CT molecular complexity index is 1500. The van der Waals surface area contributed by atoms with Crippen LogP contribution < -0.4 is 0 Å². The van der Waals surface area contributed by atoms with Crippen molar-refractivity contribution in [1.29, 1.82) is 0 Å². The zero-order valence-electron chi connectivity index (χ0n) is 18.3. The SMILES string of the molecule is CCC(=C(c1ccc(C=Cc2ncsn2)cc1)c1ccc2[nH]ncc2c1)c1ccc(F)cc1Cl. The molecule has 2 aromatic heterocycles. The summed E-state index contributed by atoms with van der Waals surface area (Å²) in [5.74, 6) is 0.346. The number of H-pyrrole nitrogens is 1. The Kier molecular flexibility index (Phi) is 6.34. The summed E-state index contributed by atoms with van der Waals surface area (Å²) in [5.41, 5.74) is 8.73. The molecule has 0 saturated heterocycles. The second-order valence-corrected chi connectivity index (χ2v) is 8.76. The summed E-state index contributed by atoms with van der Waals surface area (Å²) in [7, 11) is 0. The Hall–Kier alpha value is -3.61. The average Bonchev–Trinajstić information content (AvgIpc) is 3.54. The average molecular weight is 487 g/mol. The van der Waals surface area contributed by atoms with Gasteiger partial charge in [-0.25, -0.2) is 9.37 Å². The van der Waals surface area contributed by atoms with Crippen LogP contribution in [0.25, 0.3) is 34.2 Å². The number of hydrogen-bond acceptors (Lipinski definition) is 4. The van der Waals surface area contributed by atoms with Gasteiger partial charge in [0.1, 0.15) is 11.3 Å². The number of aromatic nitrogens is 4. The van der Waals surface area contributed by atoms with Crippen molar-refractivity contribution in [2.75, 3.05) is 0 Å². The third-order valence-electron chi connectivity index (χ3n) is 5.64. The van der Waals surface area contributed by atoms with Gasteiger partial charge < -0.3 is 0 Å². The Morgan fingerprint density at radius 2 is 1.85 bits per heavy atom. The van der Waals surface area contributed by atoms with Crippen molar-refractivity contribution >= 4 is 57.3 Å². The first-order valence-electron chi connectivity index (χ1n) is 10.8. The molecular weight excluding hydrogens is 467 g/mol. The Labute approximate surface area is 205 Å². The van der Waals surface area contributed by atoms with Gasteiger partial charge in [-0.1, -0.05) is 61.0 Å². The third kappa shape index (κ3) is 4.55. The van der Waals surface area contributed by atoms with Crippen LogP contribution >= 0.6 is 23.1 Å². The molecule has 0 aliphatic heterocycles. The number of benzene rings is 3. The standard InChI is InChI=1S/C27H20ClFN4S/c1-2-22(23-10-9-21(29)14-24(23)28)27(19-8-11-25-20(13-19)15-31-32-25)18-6-3-17(4-7-18)5-12-26-30-16-34-33-26/h3-16H,2H2,1H3,(H,31,32). The van der Waals surface area contributed by atoms with Crippen LogP contribution in [0.4, 0.5) is 4.39 Å². The van der Waals surface area contributed by atoms with Crippen molar-refractivity contribution in [2.24, 2.45) is 0 Å². The van der Waals surface area contributed by atoms with E-state index in [1.165, 1.54) is 23.7 Å². The topological polar surface area (TPSA) is 54.5 Å². The van der Waals surface area contributed by atoms with E-state index in [4.69, 9.17) is 11.6 Å². The summed E-state index contributed by atoms with van der Waals surface area (Å²) in [5, 5.41) is 8.57. The molecule has 0 radical (unpaired) electrons. The highest BCUT2D eigenvalue weighted by Crippen LogP contribution is 2.38. The molecule has 0 bridgehead atoms. The van der Waals surface area contributed by atoms with E-state index in [1.54, 1.807) is 11.6 Å². The number of nitrogens with one attached hydrogen (secondary N) is 1. The molecule has 0 fully saturated rings. The summed E-state index contributed by atoms with van der Waals surface area (Å²) in [6.07, 6.45) is 6.42. The van der Waals surface area contributed by atoms with Crippen molar-refractivity contribution in [3.05, 3.63) is 111 Å². The molecule has 0 atom stereocenters.